The Morgan fingerprint density at radius 3 is 2.50 bits per heavy atom. The normalized spacial score (nSPS) is 18.1. The zero-order chi connectivity index (χ0) is 22.9. The number of benzene rings is 1. The molecule has 1 aliphatic heterocycles. The molecule has 2 unspecified atom stereocenters. The van der Waals surface area contributed by atoms with E-state index in [0.29, 0.717) is 6.04 Å². The summed E-state index contributed by atoms with van der Waals surface area (Å²) in [5.74, 6) is 1.57. The van der Waals surface area contributed by atoms with Gasteiger partial charge >= 0.3 is 0 Å². The van der Waals surface area contributed by atoms with Crippen molar-refractivity contribution in [3.8, 4) is 22.8 Å². The van der Waals surface area contributed by atoms with Crippen LogP contribution >= 0.6 is 11.8 Å². The first kappa shape index (κ1) is 23.0. The Kier molecular flexibility index (Phi) is 6.70. The van der Waals surface area contributed by atoms with Crippen LogP contribution in [0, 0.1) is 6.92 Å². The topological polar surface area (TPSA) is 45.0 Å². The van der Waals surface area contributed by atoms with Gasteiger partial charge in [0, 0.05) is 6.42 Å². The molecule has 1 aliphatic rings. The number of aromatic nitrogens is 2. The molecule has 0 saturated carbocycles. The molecular formula is C25H34N3O3S+. The van der Waals surface area contributed by atoms with E-state index in [9.17, 15) is 0 Å². The van der Waals surface area contributed by atoms with Crippen LogP contribution in [0.15, 0.2) is 35.4 Å². The van der Waals surface area contributed by atoms with Gasteiger partial charge in [-0.25, -0.2) is 4.52 Å². The number of aryl methyl sites for hydroxylation is 1. The van der Waals surface area contributed by atoms with Crippen molar-refractivity contribution in [3.63, 3.8) is 0 Å². The Morgan fingerprint density at radius 1 is 1.22 bits per heavy atom. The zero-order valence-electron chi connectivity index (χ0n) is 20.0. The van der Waals surface area contributed by atoms with Crippen LogP contribution < -0.4 is 14.0 Å². The fourth-order valence-corrected chi connectivity index (χ4v) is 5.72. The van der Waals surface area contributed by atoms with Crippen LogP contribution in [-0.4, -0.2) is 62.9 Å². The van der Waals surface area contributed by atoms with Crippen LogP contribution in [0.2, 0.25) is 0 Å². The standard InChI is InChI=1S/C25H34N3O3S/c1-7-12-28(3,18-11-13-31-16-18)24-20-10-8-9-19(27(20)26-25(24)32-6)23-21(29-4)14-17(2)15-22(23)30-5/h8-10,14-15,18H,7,11-13,16H2,1-6H3/q+1. The van der Waals surface area contributed by atoms with Gasteiger partial charge in [0.05, 0.1) is 52.3 Å². The molecule has 6 nitrogen and oxygen atoms in total. The van der Waals surface area contributed by atoms with Crippen molar-refractivity contribution in [2.24, 2.45) is 0 Å². The number of likely N-dealkylation sites (N-methyl/N-ethyl adjacent to an activating group) is 1. The third kappa shape index (κ3) is 3.76. The molecule has 0 radical (unpaired) electrons. The number of hydrogen-bond donors (Lipinski definition) is 0. The van der Waals surface area contributed by atoms with Gasteiger partial charge in [-0.15, -0.1) is 11.8 Å². The number of pyridine rings is 1. The van der Waals surface area contributed by atoms with Gasteiger partial charge in [-0.1, -0.05) is 13.0 Å². The van der Waals surface area contributed by atoms with E-state index in [0.717, 1.165) is 75.9 Å². The molecular weight excluding hydrogens is 422 g/mol. The maximum Gasteiger partial charge on any atom is 0.193 e. The van der Waals surface area contributed by atoms with Crippen molar-refractivity contribution in [3.05, 3.63) is 35.9 Å². The quantitative estimate of drug-likeness (QED) is 0.345. The van der Waals surface area contributed by atoms with Gasteiger partial charge in [0.2, 0.25) is 0 Å². The average molecular weight is 457 g/mol. The van der Waals surface area contributed by atoms with Gasteiger partial charge in [-0.3, -0.25) is 4.48 Å². The van der Waals surface area contributed by atoms with Gasteiger partial charge in [-0.2, -0.15) is 5.10 Å². The van der Waals surface area contributed by atoms with Crippen molar-refractivity contribution in [2.45, 2.75) is 37.8 Å². The van der Waals surface area contributed by atoms with Crippen molar-refractivity contribution >= 4 is 23.0 Å². The fourth-order valence-electron chi connectivity index (χ4n) is 5.05. The maximum absolute atomic E-state index is 5.82. The highest BCUT2D eigenvalue weighted by molar-refractivity contribution is 7.98. The summed E-state index contributed by atoms with van der Waals surface area (Å²) in [4.78, 5) is 0. The van der Waals surface area contributed by atoms with Crippen LogP contribution in [0.4, 0.5) is 5.69 Å². The molecule has 172 valence electrons. The number of nitrogens with zero attached hydrogens (tertiary/aromatic N) is 3. The molecule has 0 aliphatic carbocycles. The summed E-state index contributed by atoms with van der Waals surface area (Å²) in [7, 11) is 5.75. The summed E-state index contributed by atoms with van der Waals surface area (Å²) in [6.07, 6.45) is 4.28. The predicted molar refractivity (Wildman–Crippen MR) is 132 cm³/mol. The highest BCUT2D eigenvalue weighted by Gasteiger charge is 2.42. The molecule has 4 rings (SSSR count). The van der Waals surface area contributed by atoms with Crippen LogP contribution in [-0.2, 0) is 4.74 Å². The molecule has 1 aromatic carbocycles. The highest BCUT2D eigenvalue weighted by Crippen LogP contribution is 2.44. The molecule has 3 aromatic rings. The molecule has 1 fully saturated rings. The first-order valence-corrected chi connectivity index (χ1v) is 12.4. The number of fused-ring (bicyclic) bond motifs is 1. The molecule has 2 atom stereocenters. The minimum Gasteiger partial charge on any atom is -0.496 e. The summed E-state index contributed by atoms with van der Waals surface area (Å²) in [6, 6.07) is 10.9. The van der Waals surface area contributed by atoms with E-state index >= 15 is 0 Å². The van der Waals surface area contributed by atoms with Gasteiger partial charge in [0.15, 0.2) is 10.7 Å². The smallest absolute Gasteiger partial charge is 0.193 e. The molecule has 0 amide bonds. The van der Waals surface area contributed by atoms with Gasteiger partial charge in [0.25, 0.3) is 0 Å². The van der Waals surface area contributed by atoms with Crippen LogP contribution in [0.3, 0.4) is 0 Å². The number of hydrogen-bond acceptors (Lipinski definition) is 5. The zero-order valence-corrected chi connectivity index (χ0v) is 20.8. The molecule has 1 saturated heterocycles. The predicted octanol–water partition coefficient (Wildman–Crippen LogP) is 5.18. The second-order valence-electron chi connectivity index (χ2n) is 8.62. The monoisotopic (exact) mass is 456 g/mol. The number of thioether (sulfide) groups is 1. The Labute approximate surface area is 195 Å². The molecule has 0 bridgehead atoms. The van der Waals surface area contributed by atoms with Crippen molar-refractivity contribution in [2.75, 3.05) is 47.3 Å². The number of methoxy groups -OCH3 is 2. The van der Waals surface area contributed by atoms with Gasteiger partial charge in [0.1, 0.15) is 23.1 Å². The average Bonchev–Trinajstić information content (AvgIpc) is 3.47. The van der Waals surface area contributed by atoms with E-state index in [4.69, 9.17) is 19.3 Å². The minimum absolute atomic E-state index is 0.431. The summed E-state index contributed by atoms with van der Waals surface area (Å²) < 4.78 is 20.3. The van der Waals surface area contributed by atoms with Crippen molar-refractivity contribution < 1.29 is 14.2 Å². The van der Waals surface area contributed by atoms with Crippen molar-refractivity contribution in [1.82, 2.24) is 14.1 Å². The lowest BCUT2D eigenvalue weighted by Gasteiger charge is -2.38. The Balaban J connectivity index is 2.00. The summed E-state index contributed by atoms with van der Waals surface area (Å²) in [6.45, 7) is 6.97. The van der Waals surface area contributed by atoms with Gasteiger partial charge < -0.3 is 14.2 Å². The lowest BCUT2D eigenvalue weighted by Crippen LogP contribution is -2.54. The minimum atomic E-state index is 0.431. The van der Waals surface area contributed by atoms with E-state index in [1.165, 1.54) is 5.69 Å². The lowest BCUT2D eigenvalue weighted by atomic mass is 10.0. The molecule has 0 N–H and O–H groups in total. The SMILES string of the molecule is CCC[N+](C)(c1c(SC)nn2c(-c3c(OC)cc(C)cc3OC)cccc12)C1CCOC1. The maximum atomic E-state index is 5.82. The third-order valence-corrected chi connectivity index (χ3v) is 7.27. The second-order valence-corrected chi connectivity index (χ2v) is 9.41. The van der Waals surface area contributed by atoms with E-state index in [2.05, 4.69) is 42.9 Å². The van der Waals surface area contributed by atoms with Crippen LogP contribution in [0.5, 0.6) is 11.5 Å². The van der Waals surface area contributed by atoms with Crippen LogP contribution in [0.25, 0.3) is 16.8 Å². The number of ether oxygens (including phenoxy) is 3. The molecule has 0 spiro atoms. The van der Waals surface area contributed by atoms with E-state index in [-0.39, 0.29) is 0 Å². The molecule has 2 aromatic heterocycles. The molecule has 32 heavy (non-hydrogen) atoms. The largest absolute Gasteiger partial charge is 0.496 e. The fraction of sp³-hybridized carbons (Fsp3) is 0.480. The van der Waals surface area contributed by atoms with Crippen LogP contribution in [0.1, 0.15) is 25.3 Å². The number of quaternary nitrogens is 1. The summed E-state index contributed by atoms with van der Waals surface area (Å²) in [5.41, 5.74) is 5.38. The summed E-state index contributed by atoms with van der Waals surface area (Å²) in [5, 5.41) is 6.17. The van der Waals surface area contributed by atoms with Gasteiger partial charge in [-0.05, 0) is 49.4 Å². The first-order chi connectivity index (χ1) is 15.5. The highest BCUT2D eigenvalue weighted by atomic mass is 32.2. The van der Waals surface area contributed by atoms with Crippen molar-refractivity contribution in [1.29, 1.82) is 0 Å². The third-order valence-electron chi connectivity index (χ3n) is 6.61. The Bertz CT molecular complexity index is 1080. The first-order valence-electron chi connectivity index (χ1n) is 11.2. The second kappa shape index (κ2) is 9.33. The lowest BCUT2D eigenvalue weighted by molar-refractivity contribution is 0.160. The molecule has 7 heteroatoms. The molecule has 3 heterocycles. The Hall–Kier alpha value is -2.22. The van der Waals surface area contributed by atoms with E-state index in [1.54, 1.807) is 26.0 Å². The summed E-state index contributed by atoms with van der Waals surface area (Å²) >= 11 is 1.71. The van der Waals surface area contributed by atoms with E-state index in [1.807, 2.05) is 19.1 Å². The van der Waals surface area contributed by atoms with E-state index < -0.39 is 0 Å². The Morgan fingerprint density at radius 2 is 1.94 bits per heavy atom. The number of rotatable bonds is 8.